The summed E-state index contributed by atoms with van der Waals surface area (Å²) in [5, 5.41) is 10.8. The van der Waals surface area contributed by atoms with Crippen LogP contribution in [-0.2, 0) is 0 Å². The van der Waals surface area contributed by atoms with Crippen molar-refractivity contribution in [2.24, 2.45) is 0 Å². The van der Waals surface area contributed by atoms with Crippen molar-refractivity contribution in [3.05, 3.63) is 153 Å². The molecule has 6 aromatic carbocycles. The molecule has 412 valence electrons. The molecule has 0 fully saturated rings. The molecule has 12 heterocycles. The zero-order chi connectivity index (χ0) is 57.2. The Morgan fingerprint density at radius 3 is 0.750 bits per heavy atom. The summed E-state index contributed by atoms with van der Waals surface area (Å²) in [5.41, 5.74) is 5.22. The van der Waals surface area contributed by atoms with Crippen LogP contribution in [0.25, 0.3) is 157 Å². The van der Waals surface area contributed by atoms with Gasteiger partial charge in [0, 0.05) is 96.8 Å². The van der Waals surface area contributed by atoms with Crippen LogP contribution in [-0.4, -0.2) is 0 Å². The summed E-state index contributed by atoms with van der Waals surface area (Å²) in [6, 6.07) is 36.8. The lowest BCUT2D eigenvalue weighted by Gasteiger charge is -1.98. The van der Waals surface area contributed by atoms with E-state index in [4.69, 9.17) is 0 Å². The van der Waals surface area contributed by atoms with Crippen LogP contribution in [0.15, 0.2) is 124 Å². The van der Waals surface area contributed by atoms with Gasteiger partial charge in [-0.1, -0.05) is 48.5 Å². The highest BCUT2D eigenvalue weighted by Gasteiger charge is 2.28. The third kappa shape index (κ3) is 8.83. The summed E-state index contributed by atoms with van der Waals surface area (Å²) in [4.78, 5) is 10.7. The van der Waals surface area contributed by atoms with E-state index in [-0.39, 0.29) is 0 Å². The van der Waals surface area contributed by atoms with Crippen molar-refractivity contribution in [2.75, 3.05) is 0 Å². The van der Waals surface area contributed by atoms with Crippen LogP contribution < -0.4 is 0 Å². The molecule has 0 spiro atoms. The summed E-state index contributed by atoms with van der Waals surface area (Å²) in [7, 11) is 0. The predicted molar refractivity (Wildman–Crippen MR) is 430 cm³/mol. The van der Waals surface area contributed by atoms with Crippen LogP contribution in [0, 0.1) is 34.8 Å². The number of fused-ring (bicyclic) bond motifs is 16. The molecule has 20 heteroatoms. The largest absolute Gasteiger partial charge is 0.133 e. The second-order valence-corrected chi connectivity index (χ2v) is 40.1. The van der Waals surface area contributed by atoms with Gasteiger partial charge in [-0.15, -0.1) is 136 Å². The molecule has 0 aliphatic heterocycles. The van der Waals surface area contributed by atoms with Gasteiger partial charge in [-0.25, -0.2) is 0 Å². The van der Waals surface area contributed by atoms with E-state index in [2.05, 4.69) is 266 Å². The Balaban J connectivity index is 0.000000132. The Morgan fingerprint density at radius 2 is 0.452 bits per heavy atom. The number of aryl methyl sites for hydroxylation is 4. The SMILES string of the molecule is Cc1ccc2c(Br)c(-c3sc4c(sc5cc6c(cc54)sc4c(Br)c(-c5sc7cc(C)ccc7c5Br)sc46)c3Br)sc2c1.Cc1ccc2c(I)c(-c3sc4c(sc5cc6c(cc54)sc4c(Br)c(-c5sc7cc(C)ccc7c5I)sc46)c3Br)sc2c1. The van der Waals surface area contributed by atoms with Gasteiger partial charge >= 0.3 is 0 Å². The van der Waals surface area contributed by atoms with E-state index >= 15 is 0 Å². The smallest absolute Gasteiger partial charge is 0.0618 e. The van der Waals surface area contributed by atoms with Gasteiger partial charge in [0.15, 0.2) is 0 Å². The monoisotopic (exact) mass is 1910 g/mol. The normalized spacial score (nSPS) is 12.5. The third-order valence-electron chi connectivity index (χ3n) is 15.2. The maximum Gasteiger partial charge on any atom is 0.0618 e. The van der Waals surface area contributed by atoms with E-state index in [9.17, 15) is 0 Å². The summed E-state index contributed by atoms with van der Waals surface area (Å²) in [5.74, 6) is 0. The first-order valence-corrected chi connectivity index (χ1v) is 42.4. The van der Waals surface area contributed by atoms with E-state index < -0.39 is 0 Å². The Labute approximate surface area is 605 Å². The highest BCUT2D eigenvalue weighted by Crippen LogP contribution is 2.60. The molecule has 0 aliphatic rings. The van der Waals surface area contributed by atoms with Crippen LogP contribution in [0.4, 0.5) is 0 Å². The van der Waals surface area contributed by atoms with Crippen LogP contribution in [0.5, 0.6) is 0 Å². The highest BCUT2D eigenvalue weighted by molar-refractivity contribution is 14.1. The quantitative estimate of drug-likeness (QED) is 0.154. The standard InChI is InChI=1S/C32H14Br4S6.C32H14Br2I2S6/c1-11-3-5-13-17(7-11)37-27(21(13)33)31-23(35)29-25(41-31)15-9-20-16(10-19(15)39-29)26-30(40-20)24(36)32(42-26)28-22(34)14-6-4-12(2)8-18(14)38-28;1-11-3-5-13-17(7-11)39-31(23(13)35)29-21(33)27-25(41-29)15-9-20-16(10-19(15)37-27)26-28(38-20)22(34)30(42-26)32-24(36)14-6-4-12(2)8-18(14)40-32/h2*3-10H,1-2H3. The van der Waals surface area contributed by atoms with E-state index in [0.29, 0.717) is 0 Å². The molecule has 0 atom stereocenters. The molecule has 0 bridgehead atoms. The average Bonchev–Trinajstić information content (AvgIpc) is 2.56. The van der Waals surface area contributed by atoms with Gasteiger partial charge in [0.25, 0.3) is 0 Å². The van der Waals surface area contributed by atoms with Crippen molar-refractivity contribution in [3.63, 3.8) is 0 Å². The minimum atomic E-state index is 1.20. The van der Waals surface area contributed by atoms with Gasteiger partial charge in [0.05, 0.1) is 94.5 Å². The average molecular weight is 1910 g/mol. The number of benzene rings is 6. The Morgan fingerprint density at radius 1 is 0.226 bits per heavy atom. The maximum atomic E-state index is 4.05. The van der Waals surface area contributed by atoms with Crippen LogP contribution in [0.3, 0.4) is 0 Å². The van der Waals surface area contributed by atoms with Crippen molar-refractivity contribution in [1.82, 2.24) is 0 Å². The molecule has 0 saturated heterocycles. The van der Waals surface area contributed by atoms with E-state index in [1.54, 1.807) is 0 Å². The molecule has 0 saturated carbocycles. The molecule has 0 nitrogen and oxygen atoms in total. The number of rotatable bonds is 4. The van der Waals surface area contributed by atoms with Crippen molar-refractivity contribution in [3.8, 4) is 39.0 Å². The number of hydrogen-bond acceptors (Lipinski definition) is 12. The van der Waals surface area contributed by atoms with E-state index in [0.717, 1.165) is 0 Å². The maximum absolute atomic E-state index is 4.05. The van der Waals surface area contributed by atoms with Crippen LogP contribution in [0.1, 0.15) is 22.3 Å². The summed E-state index contributed by atoms with van der Waals surface area (Å²) in [6.45, 7) is 8.67. The molecule has 18 rings (SSSR count). The molecule has 0 N–H and O–H groups in total. The lowest BCUT2D eigenvalue weighted by Crippen LogP contribution is -1.73. The van der Waals surface area contributed by atoms with Crippen molar-refractivity contribution >= 4 is 395 Å². The lowest BCUT2D eigenvalue weighted by atomic mass is 10.2. The molecular formula is C64H28Br6I2S12. The van der Waals surface area contributed by atoms with E-state index in [1.807, 2.05) is 136 Å². The molecule has 0 amide bonds. The highest BCUT2D eigenvalue weighted by atomic mass is 127. The summed E-state index contributed by atoms with van der Waals surface area (Å²) >= 11 is 52.0. The first kappa shape index (κ1) is 57.1. The van der Waals surface area contributed by atoms with Crippen molar-refractivity contribution < 1.29 is 0 Å². The fraction of sp³-hybridized carbons (Fsp3) is 0.0625. The minimum absolute atomic E-state index is 1.20. The molecular weight excluding hydrogens is 1890 g/mol. The number of hydrogen-bond donors (Lipinski definition) is 0. The zero-order valence-electron chi connectivity index (χ0n) is 43.2. The minimum Gasteiger partial charge on any atom is -0.133 e. The van der Waals surface area contributed by atoms with Gasteiger partial charge in [0.2, 0.25) is 0 Å². The molecule has 12 aromatic heterocycles. The van der Waals surface area contributed by atoms with Crippen molar-refractivity contribution in [1.29, 1.82) is 0 Å². The third-order valence-corrected chi connectivity index (χ3v) is 41.0. The van der Waals surface area contributed by atoms with Gasteiger partial charge in [-0.3, -0.25) is 0 Å². The topological polar surface area (TPSA) is 0 Å². The van der Waals surface area contributed by atoms with Gasteiger partial charge in [0.1, 0.15) is 0 Å². The molecule has 0 radical (unpaired) electrons. The Bertz CT molecular complexity index is 5210. The summed E-state index contributed by atoms with van der Waals surface area (Å²) < 4.78 is 31.8. The van der Waals surface area contributed by atoms with Gasteiger partial charge in [-0.05, 0) is 239 Å². The second-order valence-electron chi connectivity index (χ2n) is 20.7. The fourth-order valence-corrected chi connectivity index (χ4v) is 36.2. The molecule has 84 heavy (non-hydrogen) atoms. The zero-order valence-corrected chi connectivity index (χ0v) is 66.8. The lowest BCUT2D eigenvalue weighted by molar-refractivity contribution is 1.52. The van der Waals surface area contributed by atoms with Crippen LogP contribution >= 0.6 is 277 Å². The second kappa shape index (κ2) is 21.4. The molecule has 0 unspecified atom stereocenters. The van der Waals surface area contributed by atoms with Gasteiger partial charge in [-0.2, -0.15) is 0 Å². The molecule has 0 aliphatic carbocycles. The Hall–Kier alpha value is -0.820. The van der Waals surface area contributed by atoms with E-state index in [1.165, 1.54) is 214 Å². The van der Waals surface area contributed by atoms with Crippen LogP contribution in [0.2, 0.25) is 0 Å². The first-order valence-electron chi connectivity index (χ1n) is 25.7. The predicted octanol–water partition coefficient (Wildman–Crippen LogP) is 31.6. The number of halogens is 8. The first-order chi connectivity index (χ1) is 40.5. The van der Waals surface area contributed by atoms with Crippen molar-refractivity contribution in [2.45, 2.75) is 27.7 Å². The van der Waals surface area contributed by atoms with Gasteiger partial charge < -0.3 is 0 Å². The Kier molecular flexibility index (Phi) is 14.5. The molecule has 18 aromatic rings. The summed E-state index contributed by atoms with van der Waals surface area (Å²) in [6.07, 6.45) is 0. The number of thiophene rings is 12. The fourth-order valence-electron chi connectivity index (χ4n) is 11.1.